The molecule has 0 aliphatic heterocycles. The summed E-state index contributed by atoms with van der Waals surface area (Å²) in [6.45, 7) is 3.78. The Labute approximate surface area is 160 Å². The minimum Gasteiger partial charge on any atom is -0.350 e. The first-order valence-corrected chi connectivity index (χ1v) is 8.70. The molecule has 2 amide bonds. The first-order valence-electron chi connectivity index (χ1n) is 8.70. The number of urea groups is 1. The Balaban J connectivity index is 1.73. The van der Waals surface area contributed by atoms with E-state index in [2.05, 4.69) is 43.8 Å². The molecule has 4 aromatic rings. The molecule has 0 fully saturated rings. The van der Waals surface area contributed by atoms with E-state index in [1.807, 2.05) is 24.3 Å². The van der Waals surface area contributed by atoms with Gasteiger partial charge >= 0.3 is 6.03 Å². The largest absolute Gasteiger partial charge is 0.350 e. The van der Waals surface area contributed by atoms with E-state index in [-0.39, 0.29) is 5.92 Å². The SMILES string of the molecule is CC(=NNC(N)=O)c1ccc2nnc(C(C)c3ccc4ncccc4c3)n2n1. The molecular weight excluding hydrogens is 356 g/mol. The molecular formula is C19H18N8O. The number of benzene rings is 1. The van der Waals surface area contributed by atoms with Crippen molar-refractivity contribution in [3.63, 3.8) is 0 Å². The zero-order valence-electron chi connectivity index (χ0n) is 15.4. The summed E-state index contributed by atoms with van der Waals surface area (Å²) in [6, 6.07) is 12.9. The monoisotopic (exact) mass is 374 g/mol. The van der Waals surface area contributed by atoms with Gasteiger partial charge in [-0.1, -0.05) is 19.1 Å². The van der Waals surface area contributed by atoms with Gasteiger partial charge in [-0.25, -0.2) is 10.2 Å². The quantitative estimate of drug-likeness (QED) is 0.419. The van der Waals surface area contributed by atoms with Crippen molar-refractivity contribution in [1.29, 1.82) is 0 Å². The number of carbonyl (C=O) groups is 1. The van der Waals surface area contributed by atoms with Crippen LogP contribution in [-0.2, 0) is 0 Å². The summed E-state index contributed by atoms with van der Waals surface area (Å²) in [5.41, 5.74) is 11.0. The maximum absolute atomic E-state index is 10.9. The van der Waals surface area contributed by atoms with Crippen LogP contribution in [0, 0.1) is 0 Å². The molecule has 9 nitrogen and oxygen atoms in total. The van der Waals surface area contributed by atoms with Crippen molar-refractivity contribution in [3.05, 3.63) is 65.7 Å². The normalized spacial score (nSPS) is 13.0. The Hall–Kier alpha value is -3.88. The summed E-state index contributed by atoms with van der Waals surface area (Å²) in [6.07, 6.45) is 1.78. The second-order valence-electron chi connectivity index (χ2n) is 6.40. The molecule has 1 aromatic carbocycles. The van der Waals surface area contributed by atoms with Crippen molar-refractivity contribution in [3.8, 4) is 0 Å². The van der Waals surface area contributed by atoms with Crippen molar-refractivity contribution in [2.75, 3.05) is 0 Å². The van der Waals surface area contributed by atoms with Gasteiger partial charge in [0.25, 0.3) is 0 Å². The van der Waals surface area contributed by atoms with Gasteiger partial charge in [0.2, 0.25) is 0 Å². The minimum atomic E-state index is -0.732. The Morgan fingerprint density at radius 2 is 2.07 bits per heavy atom. The highest BCUT2D eigenvalue weighted by Crippen LogP contribution is 2.25. The zero-order valence-corrected chi connectivity index (χ0v) is 15.4. The molecule has 28 heavy (non-hydrogen) atoms. The lowest BCUT2D eigenvalue weighted by Crippen LogP contribution is -2.25. The van der Waals surface area contributed by atoms with Crippen LogP contribution < -0.4 is 11.2 Å². The number of aromatic nitrogens is 5. The Bertz CT molecular complexity index is 1210. The van der Waals surface area contributed by atoms with Gasteiger partial charge in [0, 0.05) is 17.5 Å². The van der Waals surface area contributed by atoms with Gasteiger partial charge in [-0.3, -0.25) is 4.98 Å². The maximum atomic E-state index is 10.9. The third-order valence-electron chi connectivity index (χ3n) is 4.51. The highest BCUT2D eigenvalue weighted by atomic mass is 16.2. The number of fused-ring (bicyclic) bond motifs is 2. The van der Waals surface area contributed by atoms with Crippen LogP contribution in [0.3, 0.4) is 0 Å². The number of nitrogens with one attached hydrogen (secondary N) is 1. The molecule has 0 aliphatic rings. The first kappa shape index (κ1) is 17.5. The number of hydrazone groups is 1. The third-order valence-corrected chi connectivity index (χ3v) is 4.51. The van der Waals surface area contributed by atoms with Gasteiger partial charge < -0.3 is 5.73 Å². The summed E-state index contributed by atoms with van der Waals surface area (Å²) < 4.78 is 1.69. The van der Waals surface area contributed by atoms with Crippen LogP contribution in [0.4, 0.5) is 4.79 Å². The van der Waals surface area contributed by atoms with Crippen LogP contribution in [0.5, 0.6) is 0 Å². The van der Waals surface area contributed by atoms with E-state index in [4.69, 9.17) is 5.73 Å². The van der Waals surface area contributed by atoms with Gasteiger partial charge in [-0.05, 0) is 42.8 Å². The molecule has 0 bridgehead atoms. The number of pyridine rings is 1. The molecule has 140 valence electrons. The van der Waals surface area contributed by atoms with Crippen LogP contribution in [-0.4, -0.2) is 36.5 Å². The number of amides is 2. The van der Waals surface area contributed by atoms with Crippen molar-refractivity contribution in [1.82, 2.24) is 30.2 Å². The Kier molecular flexibility index (Phi) is 4.40. The average molecular weight is 374 g/mol. The van der Waals surface area contributed by atoms with E-state index >= 15 is 0 Å². The Morgan fingerprint density at radius 1 is 1.21 bits per heavy atom. The van der Waals surface area contributed by atoms with Crippen molar-refractivity contribution in [2.24, 2.45) is 10.8 Å². The van der Waals surface area contributed by atoms with Gasteiger partial charge in [0.15, 0.2) is 11.5 Å². The Morgan fingerprint density at radius 3 is 2.89 bits per heavy atom. The van der Waals surface area contributed by atoms with Crippen molar-refractivity contribution >= 4 is 28.3 Å². The predicted octanol–water partition coefficient (Wildman–Crippen LogP) is 2.22. The molecule has 0 spiro atoms. The lowest BCUT2D eigenvalue weighted by molar-refractivity contribution is 0.249. The highest BCUT2D eigenvalue weighted by Gasteiger charge is 2.18. The minimum absolute atomic E-state index is 0.0386. The standard InChI is InChI=1S/C19H18N8O/c1-11(13-5-6-16-14(10-13)4-3-9-21-16)18-24-23-17-8-7-15(26-27(17)18)12(2)22-25-19(20)28/h3-11H,1-2H3,(H3,20,25,28). The second-order valence-corrected chi connectivity index (χ2v) is 6.40. The number of nitrogens with two attached hydrogens (primary N) is 1. The van der Waals surface area contributed by atoms with E-state index in [0.717, 1.165) is 16.5 Å². The number of carbonyl (C=O) groups excluding carboxylic acids is 1. The molecule has 1 atom stereocenters. The van der Waals surface area contributed by atoms with Crippen LogP contribution in [0.25, 0.3) is 16.6 Å². The van der Waals surface area contributed by atoms with Gasteiger partial charge in [-0.15, -0.1) is 10.2 Å². The molecule has 4 rings (SSSR count). The van der Waals surface area contributed by atoms with E-state index < -0.39 is 6.03 Å². The topological polar surface area (TPSA) is 123 Å². The van der Waals surface area contributed by atoms with E-state index in [9.17, 15) is 4.79 Å². The molecule has 3 aromatic heterocycles. The van der Waals surface area contributed by atoms with Crippen LogP contribution in [0.15, 0.2) is 53.8 Å². The smallest absolute Gasteiger partial charge is 0.332 e. The number of primary amides is 1. The van der Waals surface area contributed by atoms with Crippen molar-refractivity contribution < 1.29 is 4.79 Å². The molecule has 3 heterocycles. The summed E-state index contributed by atoms with van der Waals surface area (Å²) in [5, 5.41) is 18.1. The lowest BCUT2D eigenvalue weighted by atomic mass is 9.98. The van der Waals surface area contributed by atoms with Crippen molar-refractivity contribution in [2.45, 2.75) is 19.8 Å². The molecule has 9 heteroatoms. The summed E-state index contributed by atoms with van der Waals surface area (Å²) in [7, 11) is 0. The molecule has 0 saturated carbocycles. The van der Waals surface area contributed by atoms with Crippen LogP contribution >= 0.6 is 0 Å². The number of rotatable bonds is 4. The number of hydrogen-bond donors (Lipinski definition) is 2. The molecule has 0 radical (unpaired) electrons. The number of hydrogen-bond acceptors (Lipinski definition) is 6. The second kappa shape index (κ2) is 7.03. The summed E-state index contributed by atoms with van der Waals surface area (Å²) >= 11 is 0. The van der Waals surface area contributed by atoms with Crippen LogP contribution in [0.2, 0.25) is 0 Å². The van der Waals surface area contributed by atoms with E-state index in [1.165, 1.54) is 0 Å². The molecule has 0 aliphatic carbocycles. The average Bonchev–Trinajstić information content (AvgIpc) is 3.14. The summed E-state index contributed by atoms with van der Waals surface area (Å²) in [4.78, 5) is 15.2. The number of nitrogens with zero attached hydrogens (tertiary/aromatic N) is 6. The first-order chi connectivity index (χ1) is 13.5. The van der Waals surface area contributed by atoms with E-state index in [0.29, 0.717) is 22.9 Å². The van der Waals surface area contributed by atoms with Gasteiger partial charge in [0.05, 0.1) is 11.2 Å². The fourth-order valence-corrected chi connectivity index (χ4v) is 2.98. The predicted molar refractivity (Wildman–Crippen MR) is 105 cm³/mol. The molecule has 0 saturated heterocycles. The van der Waals surface area contributed by atoms with Gasteiger partial charge in [0.1, 0.15) is 5.69 Å². The lowest BCUT2D eigenvalue weighted by Gasteiger charge is -2.11. The van der Waals surface area contributed by atoms with Gasteiger partial charge in [-0.2, -0.15) is 14.7 Å². The molecule has 3 N–H and O–H groups in total. The zero-order chi connectivity index (χ0) is 19.7. The third kappa shape index (κ3) is 3.25. The van der Waals surface area contributed by atoms with Crippen LogP contribution in [0.1, 0.15) is 36.8 Å². The maximum Gasteiger partial charge on any atom is 0.332 e. The highest BCUT2D eigenvalue weighted by molar-refractivity contribution is 5.97. The van der Waals surface area contributed by atoms with E-state index in [1.54, 1.807) is 29.8 Å². The fraction of sp³-hybridized carbons (Fsp3) is 0.158. The molecule has 1 unspecified atom stereocenters. The summed E-state index contributed by atoms with van der Waals surface area (Å²) in [5.74, 6) is 0.666. The fourth-order valence-electron chi connectivity index (χ4n) is 2.98.